The van der Waals surface area contributed by atoms with E-state index in [-0.39, 0.29) is 167 Å². The van der Waals surface area contributed by atoms with E-state index in [0.29, 0.717) is 96.5 Å². The van der Waals surface area contributed by atoms with Gasteiger partial charge in [0.05, 0.1) is 70.6 Å². The van der Waals surface area contributed by atoms with Crippen LogP contribution in [0.5, 0.6) is 0 Å². The van der Waals surface area contributed by atoms with E-state index in [0.717, 1.165) is 19.3 Å². The highest BCUT2D eigenvalue weighted by Crippen LogP contribution is 2.30. The quantitative estimate of drug-likeness (QED) is 0.0253. The van der Waals surface area contributed by atoms with Gasteiger partial charge in [0.2, 0.25) is 70.9 Å². The van der Waals surface area contributed by atoms with Gasteiger partial charge in [0.1, 0.15) is 97.4 Å². The maximum absolute atomic E-state index is 14.1. The van der Waals surface area contributed by atoms with Crippen LogP contribution < -0.4 is 58.5 Å². The number of unbranched alkanes of at least 4 members (excludes halogenated alkanes) is 8. The van der Waals surface area contributed by atoms with Gasteiger partial charge in [-0.25, -0.2) is 0 Å². The number of β-amino-alcohol motifs (C(OH)–C–C–N with tert-alkyl or cyclic N) is 1. The molecule has 0 aromatic rings. The van der Waals surface area contributed by atoms with Crippen LogP contribution in [0, 0.1) is 0 Å². The number of likely N-dealkylation sites (tertiary alicyclic amines) is 1. The first kappa shape index (κ1) is 112. The van der Waals surface area contributed by atoms with Gasteiger partial charge < -0.3 is 167 Å². The van der Waals surface area contributed by atoms with Crippen molar-refractivity contribution in [1.82, 2.24) is 63.4 Å². The molecule has 0 radical (unpaired) electrons. The number of rotatable bonds is 62. The standard InChI is InChI=1S/C84H148N12O33/c1-50(100)91-68-75(116)72(113)56(45-97)127-81(68)122-37-17-14-23-60(105)85-31-20-34-88-63(108)28-40-119-49-59-78(120-41-29-64(109)89-35-21-32-86-61(106)24-15-18-38-123-82-69(92-51(2)101)76(117)73(114)57(46-98)128-82)79(121-42-30-65(110)90-36-22-33-87-62(107)25-16-19-39-124-83-70(93-52(3)102)77(118)74(115)58(47-99)129-83)71(94-53(4)103)80(126-59)95-66(111)26-12-10-8-9-11-13-27-67(112)96-44-55(104)43-54(96)48-125-84(5,6)7/h54-59,68-83,97-99,104,113-118H,8-49H2,1-7H3,(H,85,105)(H,86,106)(H,87,107)(H,88,108)(H,89,109)(H,90,110)(H,91,100)(H,92,101)(H,93,102)(H,94,103)(H,95,111)/t54-,55+,56+,57+,58+,59+,68+,69+,70+,71+,72-,73-,74-,75+,76+,77+,78+,79+,80+,81+,82+,83+/m0/s1. The van der Waals surface area contributed by atoms with E-state index in [4.69, 9.17) is 52.1 Å². The van der Waals surface area contributed by atoms with Gasteiger partial charge in [0.25, 0.3) is 0 Å². The molecule has 45 heteroatoms. The molecule has 5 fully saturated rings. The van der Waals surface area contributed by atoms with Crippen molar-refractivity contribution in [3.63, 3.8) is 0 Å². The third-order valence-electron chi connectivity index (χ3n) is 21.9. The van der Waals surface area contributed by atoms with Gasteiger partial charge in [-0.3, -0.25) is 57.5 Å². The van der Waals surface area contributed by atoms with Crippen LogP contribution in [0.25, 0.3) is 0 Å². The lowest BCUT2D eigenvalue weighted by Gasteiger charge is -2.46. The number of carbonyl (C=O) groups excluding carboxylic acids is 12. The fourth-order valence-corrected chi connectivity index (χ4v) is 15.0. The lowest BCUT2D eigenvalue weighted by Crippen LogP contribution is -2.69. The minimum absolute atomic E-state index is 0.0300. The molecule has 0 spiro atoms. The molecular formula is C84H148N12O33. The maximum Gasteiger partial charge on any atom is 0.222 e. The fraction of sp³-hybridized carbons (Fsp3) is 0.857. The number of carbonyl (C=O) groups is 12. The highest BCUT2D eigenvalue weighted by atomic mass is 16.7. The summed E-state index contributed by atoms with van der Waals surface area (Å²) in [5, 5.41) is 132. The molecule has 0 aliphatic carbocycles. The van der Waals surface area contributed by atoms with E-state index in [1.807, 2.05) is 20.8 Å². The Balaban J connectivity index is 1.19. The molecule has 5 saturated heterocycles. The van der Waals surface area contributed by atoms with Crippen molar-refractivity contribution in [3.05, 3.63) is 0 Å². The Morgan fingerprint density at radius 1 is 0.341 bits per heavy atom. The molecule has 5 heterocycles. The van der Waals surface area contributed by atoms with Crippen LogP contribution >= 0.6 is 0 Å². The summed E-state index contributed by atoms with van der Waals surface area (Å²) in [6, 6.07) is -4.77. The molecule has 45 nitrogen and oxygen atoms in total. The number of aliphatic hydroxyl groups is 10. The molecule has 0 bridgehead atoms. The Hall–Kier alpha value is -7.20. The molecular weight excluding hydrogens is 1700 g/mol. The number of amides is 12. The van der Waals surface area contributed by atoms with E-state index in [2.05, 4.69) is 58.5 Å². The van der Waals surface area contributed by atoms with Crippen LogP contribution in [0.2, 0.25) is 0 Å². The van der Waals surface area contributed by atoms with Crippen molar-refractivity contribution >= 4 is 70.9 Å². The highest BCUT2D eigenvalue weighted by Gasteiger charge is 2.51. The third-order valence-corrected chi connectivity index (χ3v) is 21.9. The zero-order valence-electron chi connectivity index (χ0n) is 75.7. The van der Waals surface area contributed by atoms with E-state index in [1.165, 1.54) is 27.7 Å². The highest BCUT2D eigenvalue weighted by molar-refractivity contribution is 5.80. The molecule has 0 aromatic heterocycles. The van der Waals surface area contributed by atoms with Gasteiger partial charge in [-0.15, -0.1) is 0 Å². The molecule has 21 N–H and O–H groups in total. The summed E-state index contributed by atoms with van der Waals surface area (Å²) in [7, 11) is 0. The minimum atomic E-state index is -1.48. The van der Waals surface area contributed by atoms with Crippen LogP contribution in [0.3, 0.4) is 0 Å². The number of nitrogens with zero attached hydrogens (tertiary/aromatic N) is 1. The van der Waals surface area contributed by atoms with E-state index in [1.54, 1.807) is 4.90 Å². The summed E-state index contributed by atoms with van der Waals surface area (Å²) in [4.78, 5) is 156. The molecule has 22 atom stereocenters. The average molecular weight is 1850 g/mol. The van der Waals surface area contributed by atoms with Gasteiger partial charge in [-0.05, 0) is 97.8 Å². The zero-order valence-corrected chi connectivity index (χ0v) is 75.7. The van der Waals surface area contributed by atoms with Crippen LogP contribution in [0.1, 0.15) is 203 Å². The Morgan fingerprint density at radius 3 is 1.05 bits per heavy atom. The molecule has 742 valence electrons. The first-order valence-electron chi connectivity index (χ1n) is 45.3. The number of hydrogen-bond donors (Lipinski definition) is 21. The van der Waals surface area contributed by atoms with Gasteiger partial charge in [-0.1, -0.05) is 25.7 Å². The second-order valence-corrected chi connectivity index (χ2v) is 34.0. The summed E-state index contributed by atoms with van der Waals surface area (Å²) < 4.78 is 65.6. The van der Waals surface area contributed by atoms with Crippen molar-refractivity contribution in [2.75, 3.05) is 118 Å². The van der Waals surface area contributed by atoms with E-state index < -0.39 is 201 Å². The second-order valence-electron chi connectivity index (χ2n) is 34.0. The summed E-state index contributed by atoms with van der Waals surface area (Å²) in [5.74, 6) is -4.77. The van der Waals surface area contributed by atoms with Gasteiger partial charge in [-0.2, -0.15) is 0 Å². The molecule has 5 aliphatic heterocycles. The SMILES string of the molecule is CC(=O)N[C@@H]1[C@@H](OCCC(=O)NCCCNC(=O)CCCCO[C@@H]2O[C@H](CO)[C@H](O)[C@H](O)[C@H]2NC(C)=O)[C@H](OCCC(=O)NCCCNC(=O)CCCCO[C@@H]2O[C@H](CO)[C@H](O)[C@H](O)[C@H]2NC(C)=O)[C@@H](COCCC(=O)NCCCNC(=O)CCCCO[C@@H]2O[C@H](CO)[C@H](O)[C@H](O)[C@H]2NC(C)=O)O[C@H]1NC(=O)CCCCCCCCC(=O)N1C[C@H](O)C[C@H]1COC(C)(C)C. The molecule has 0 aromatic carbocycles. The normalized spacial score (nSPS) is 27.5. The zero-order chi connectivity index (χ0) is 95.0. The summed E-state index contributed by atoms with van der Waals surface area (Å²) in [6.07, 6.45) is -13.7. The average Bonchev–Trinajstić information content (AvgIpc) is 0.960. The number of hydrogen-bond acceptors (Lipinski definition) is 33. The van der Waals surface area contributed by atoms with Gasteiger partial charge >= 0.3 is 0 Å². The lowest BCUT2D eigenvalue weighted by molar-refractivity contribution is -0.270. The molecule has 12 amide bonds. The van der Waals surface area contributed by atoms with E-state index in [9.17, 15) is 109 Å². The van der Waals surface area contributed by atoms with Gasteiger partial charge in [0.15, 0.2) is 25.1 Å². The third kappa shape index (κ3) is 43.1. The number of nitrogens with one attached hydrogen (secondary N) is 11. The van der Waals surface area contributed by atoms with Crippen molar-refractivity contribution in [2.45, 2.75) is 343 Å². The first-order chi connectivity index (χ1) is 61.5. The summed E-state index contributed by atoms with van der Waals surface area (Å²) in [5.41, 5.74) is -0.403. The number of ether oxygens (including phenoxy) is 11. The first-order valence-corrected chi connectivity index (χ1v) is 45.3. The van der Waals surface area contributed by atoms with E-state index >= 15 is 0 Å². The summed E-state index contributed by atoms with van der Waals surface area (Å²) >= 11 is 0. The maximum atomic E-state index is 14.1. The Morgan fingerprint density at radius 2 is 0.674 bits per heavy atom. The predicted molar refractivity (Wildman–Crippen MR) is 455 cm³/mol. The predicted octanol–water partition coefficient (Wildman–Crippen LogP) is -5.55. The van der Waals surface area contributed by atoms with Crippen molar-refractivity contribution in [1.29, 1.82) is 0 Å². The molecule has 0 saturated carbocycles. The van der Waals surface area contributed by atoms with Crippen molar-refractivity contribution in [3.8, 4) is 0 Å². The Bertz CT molecular complexity index is 3360. The van der Waals surface area contributed by atoms with Gasteiger partial charge in [0, 0.05) is 145 Å². The minimum Gasteiger partial charge on any atom is -0.394 e. The topological polar surface area (TPSA) is 644 Å². The molecule has 5 aliphatic rings. The van der Waals surface area contributed by atoms with Crippen molar-refractivity contribution in [2.24, 2.45) is 0 Å². The van der Waals surface area contributed by atoms with Crippen LogP contribution in [0.15, 0.2) is 0 Å². The summed E-state index contributed by atoms with van der Waals surface area (Å²) in [6.45, 7) is 9.57. The Labute approximate surface area is 753 Å². The molecule has 5 rings (SSSR count). The fourth-order valence-electron chi connectivity index (χ4n) is 15.0. The second kappa shape index (κ2) is 61.6. The molecule has 129 heavy (non-hydrogen) atoms. The van der Waals surface area contributed by atoms with Crippen LogP contribution in [-0.2, 0) is 110 Å². The number of aliphatic hydroxyl groups excluding tert-OH is 10. The van der Waals surface area contributed by atoms with Crippen molar-refractivity contribution < 1.29 is 161 Å². The van der Waals surface area contributed by atoms with Crippen LogP contribution in [-0.4, -0.2) is 386 Å². The monoisotopic (exact) mass is 1850 g/mol. The smallest absolute Gasteiger partial charge is 0.222 e. The van der Waals surface area contributed by atoms with Crippen LogP contribution in [0.4, 0.5) is 0 Å². The lowest BCUT2D eigenvalue weighted by atomic mass is 9.94. The molecule has 0 unspecified atom stereocenters. The Kier molecular flexibility index (Phi) is 53.6. The largest absolute Gasteiger partial charge is 0.394 e.